The normalized spacial score (nSPS) is 11.7. The van der Waals surface area contributed by atoms with Gasteiger partial charge in [0.05, 0.1) is 6.16 Å². The molecular weight excluding hydrogens is 396 g/mol. The lowest BCUT2D eigenvalue weighted by molar-refractivity contribution is 0.371. The standard InChI is InChI=1S/C21H29FNO3PS/c22-20-16-19(17-23-13-7-14-27(24,25)26)11-12-21(20)28-15-6-2-5-10-18-8-3-1-4-9-18/h1,3-4,8-9,11-12,16,23H,2,5-7,10,13-15,17H2,(H2,24,25,26). The molecular formula is C21H29FNO3PS. The molecule has 2 aromatic carbocycles. The quantitative estimate of drug-likeness (QED) is 0.240. The molecule has 0 bridgehead atoms. The molecule has 2 aromatic rings. The Hall–Kier alpha value is -1.17. The van der Waals surface area contributed by atoms with Gasteiger partial charge in [0, 0.05) is 11.4 Å². The van der Waals surface area contributed by atoms with Crippen molar-refractivity contribution in [3.8, 4) is 0 Å². The minimum absolute atomic E-state index is 0.130. The van der Waals surface area contributed by atoms with E-state index in [2.05, 4.69) is 29.6 Å². The summed E-state index contributed by atoms with van der Waals surface area (Å²) in [5, 5.41) is 3.08. The van der Waals surface area contributed by atoms with Gasteiger partial charge in [-0.3, -0.25) is 4.57 Å². The Kier molecular flexibility index (Phi) is 10.2. The van der Waals surface area contributed by atoms with E-state index in [0.717, 1.165) is 37.0 Å². The third kappa shape index (κ3) is 9.85. The first-order valence-corrected chi connectivity index (χ1v) is 12.4. The van der Waals surface area contributed by atoms with Crippen LogP contribution in [0.15, 0.2) is 53.4 Å². The first kappa shape index (κ1) is 23.1. The molecule has 2 rings (SSSR count). The van der Waals surface area contributed by atoms with Gasteiger partial charge in [-0.15, -0.1) is 11.8 Å². The summed E-state index contributed by atoms with van der Waals surface area (Å²) in [7, 11) is -3.93. The average molecular weight is 426 g/mol. The van der Waals surface area contributed by atoms with Crippen molar-refractivity contribution in [2.45, 2.75) is 43.5 Å². The molecule has 7 heteroatoms. The van der Waals surface area contributed by atoms with E-state index in [0.29, 0.717) is 24.4 Å². The lowest BCUT2D eigenvalue weighted by Crippen LogP contribution is -2.16. The Morgan fingerprint density at radius 1 is 0.964 bits per heavy atom. The number of thioether (sulfide) groups is 1. The zero-order valence-corrected chi connectivity index (χ0v) is 17.7. The van der Waals surface area contributed by atoms with Crippen molar-refractivity contribution in [2.24, 2.45) is 0 Å². The second-order valence-electron chi connectivity index (χ2n) is 6.83. The third-order valence-electron chi connectivity index (χ3n) is 4.34. The van der Waals surface area contributed by atoms with Crippen LogP contribution in [0.4, 0.5) is 4.39 Å². The maximum absolute atomic E-state index is 14.2. The van der Waals surface area contributed by atoms with Crippen LogP contribution in [-0.4, -0.2) is 28.2 Å². The molecule has 154 valence electrons. The maximum Gasteiger partial charge on any atom is 0.325 e. The topological polar surface area (TPSA) is 69.6 Å². The maximum atomic E-state index is 14.2. The summed E-state index contributed by atoms with van der Waals surface area (Å²) < 4.78 is 25.0. The van der Waals surface area contributed by atoms with Crippen molar-refractivity contribution in [3.05, 3.63) is 65.5 Å². The molecule has 0 unspecified atom stereocenters. The number of nitrogens with one attached hydrogen (secondary N) is 1. The van der Waals surface area contributed by atoms with Crippen LogP contribution in [0.2, 0.25) is 0 Å². The van der Waals surface area contributed by atoms with E-state index in [1.54, 1.807) is 11.8 Å². The van der Waals surface area contributed by atoms with E-state index in [4.69, 9.17) is 9.79 Å². The van der Waals surface area contributed by atoms with Crippen LogP contribution in [0.1, 0.15) is 36.8 Å². The number of hydrogen-bond donors (Lipinski definition) is 3. The molecule has 0 aliphatic rings. The predicted molar refractivity (Wildman–Crippen MR) is 114 cm³/mol. The Morgan fingerprint density at radius 2 is 1.75 bits per heavy atom. The van der Waals surface area contributed by atoms with Gasteiger partial charge in [-0.2, -0.15) is 0 Å². The predicted octanol–water partition coefficient (Wildman–Crippen LogP) is 4.99. The first-order chi connectivity index (χ1) is 13.4. The summed E-state index contributed by atoms with van der Waals surface area (Å²) in [6.07, 6.45) is 4.72. The second kappa shape index (κ2) is 12.4. The highest BCUT2D eigenvalue weighted by molar-refractivity contribution is 7.99. The number of hydrogen-bond acceptors (Lipinski definition) is 3. The zero-order chi connectivity index (χ0) is 20.2. The smallest absolute Gasteiger partial charge is 0.324 e. The highest BCUT2D eigenvalue weighted by Crippen LogP contribution is 2.34. The van der Waals surface area contributed by atoms with Crippen molar-refractivity contribution in [2.75, 3.05) is 18.5 Å². The van der Waals surface area contributed by atoms with E-state index in [1.807, 2.05) is 18.2 Å². The van der Waals surface area contributed by atoms with Crippen LogP contribution >= 0.6 is 19.4 Å². The number of rotatable bonds is 13. The fourth-order valence-corrected chi connectivity index (χ4v) is 4.35. The zero-order valence-electron chi connectivity index (χ0n) is 16.0. The summed E-state index contributed by atoms with van der Waals surface area (Å²) in [6, 6.07) is 15.7. The summed E-state index contributed by atoms with van der Waals surface area (Å²) in [4.78, 5) is 18.3. The highest BCUT2D eigenvalue weighted by atomic mass is 32.2. The Balaban J connectivity index is 1.60. The molecule has 0 saturated heterocycles. The van der Waals surface area contributed by atoms with Crippen LogP contribution in [-0.2, 0) is 17.5 Å². The average Bonchev–Trinajstić information content (AvgIpc) is 2.65. The van der Waals surface area contributed by atoms with E-state index >= 15 is 0 Å². The van der Waals surface area contributed by atoms with E-state index in [-0.39, 0.29) is 12.0 Å². The van der Waals surface area contributed by atoms with Gasteiger partial charge in [0.25, 0.3) is 0 Å². The molecule has 0 atom stereocenters. The Labute approximate surface area is 171 Å². The second-order valence-corrected chi connectivity index (χ2v) is 9.74. The minimum atomic E-state index is -3.93. The van der Waals surface area contributed by atoms with Crippen molar-refractivity contribution >= 4 is 19.4 Å². The van der Waals surface area contributed by atoms with Gasteiger partial charge in [0.15, 0.2) is 0 Å². The number of benzene rings is 2. The van der Waals surface area contributed by atoms with E-state index in [9.17, 15) is 8.96 Å². The fraction of sp³-hybridized carbons (Fsp3) is 0.429. The Bertz CT molecular complexity index is 755. The summed E-state index contributed by atoms with van der Waals surface area (Å²) in [5.41, 5.74) is 2.20. The molecule has 0 aliphatic heterocycles. The van der Waals surface area contributed by atoms with Crippen molar-refractivity contribution in [3.63, 3.8) is 0 Å². The number of unbranched alkanes of at least 4 members (excludes halogenated alkanes) is 2. The lowest BCUT2D eigenvalue weighted by Gasteiger charge is -2.08. The van der Waals surface area contributed by atoms with Gasteiger partial charge in [0.2, 0.25) is 0 Å². The number of aryl methyl sites for hydroxylation is 1. The van der Waals surface area contributed by atoms with Gasteiger partial charge in [-0.05, 0) is 61.2 Å². The van der Waals surface area contributed by atoms with Gasteiger partial charge in [0.1, 0.15) is 5.82 Å². The van der Waals surface area contributed by atoms with E-state index < -0.39 is 7.60 Å². The fourth-order valence-electron chi connectivity index (χ4n) is 2.85. The summed E-state index contributed by atoms with van der Waals surface area (Å²) in [5.74, 6) is 0.704. The first-order valence-electron chi connectivity index (χ1n) is 9.64. The van der Waals surface area contributed by atoms with Gasteiger partial charge < -0.3 is 15.1 Å². The number of halogens is 1. The molecule has 0 aliphatic carbocycles. The highest BCUT2D eigenvalue weighted by Gasteiger charge is 2.11. The van der Waals surface area contributed by atoms with Crippen molar-refractivity contribution < 1.29 is 18.7 Å². The lowest BCUT2D eigenvalue weighted by atomic mass is 10.1. The van der Waals surface area contributed by atoms with Gasteiger partial charge >= 0.3 is 7.60 Å². The van der Waals surface area contributed by atoms with Crippen LogP contribution in [0.25, 0.3) is 0 Å². The third-order valence-corrected chi connectivity index (χ3v) is 6.37. The van der Waals surface area contributed by atoms with Crippen molar-refractivity contribution in [1.29, 1.82) is 0 Å². The van der Waals surface area contributed by atoms with Crippen LogP contribution in [0.3, 0.4) is 0 Å². The molecule has 0 spiro atoms. The summed E-state index contributed by atoms with van der Waals surface area (Å²) >= 11 is 1.55. The molecule has 0 fully saturated rings. The molecule has 0 amide bonds. The molecule has 3 N–H and O–H groups in total. The summed E-state index contributed by atoms with van der Waals surface area (Å²) in [6.45, 7) is 0.981. The van der Waals surface area contributed by atoms with Crippen molar-refractivity contribution in [1.82, 2.24) is 5.32 Å². The van der Waals surface area contributed by atoms with Crippen LogP contribution < -0.4 is 5.32 Å². The molecule has 0 heterocycles. The largest absolute Gasteiger partial charge is 0.325 e. The van der Waals surface area contributed by atoms with Gasteiger partial charge in [-0.1, -0.05) is 42.8 Å². The molecule has 4 nitrogen and oxygen atoms in total. The molecule has 0 radical (unpaired) electrons. The molecule has 0 saturated carbocycles. The molecule has 0 aromatic heterocycles. The molecule has 28 heavy (non-hydrogen) atoms. The monoisotopic (exact) mass is 425 g/mol. The minimum Gasteiger partial charge on any atom is -0.324 e. The SMILES string of the molecule is O=P(O)(O)CCCNCc1ccc(SCCCCCc2ccccc2)c(F)c1. The Morgan fingerprint density at radius 3 is 2.46 bits per heavy atom. The van der Waals surface area contributed by atoms with Crippen LogP contribution in [0.5, 0.6) is 0 Å². The van der Waals surface area contributed by atoms with Crippen LogP contribution in [0, 0.1) is 5.82 Å². The van der Waals surface area contributed by atoms with E-state index in [1.165, 1.54) is 11.6 Å². The van der Waals surface area contributed by atoms with Gasteiger partial charge in [-0.25, -0.2) is 4.39 Å².